The van der Waals surface area contributed by atoms with Crippen LogP contribution < -0.4 is 10.9 Å². The molecule has 1 heterocycles. The number of rotatable bonds is 6. The van der Waals surface area contributed by atoms with E-state index >= 15 is 0 Å². The molecular formula is C28H26ClN3O2. The van der Waals surface area contributed by atoms with Gasteiger partial charge in [0.1, 0.15) is 17.1 Å². The fraction of sp³-hybridized carbons (Fsp3) is 0.179. The highest BCUT2D eigenvalue weighted by Gasteiger charge is 2.24. The van der Waals surface area contributed by atoms with Gasteiger partial charge in [0.2, 0.25) is 0 Å². The number of nitrogens with one attached hydrogen (secondary N) is 1. The van der Waals surface area contributed by atoms with Crippen molar-refractivity contribution in [3.8, 4) is 22.5 Å². The van der Waals surface area contributed by atoms with E-state index in [-0.39, 0.29) is 17.2 Å². The van der Waals surface area contributed by atoms with E-state index in [1.807, 2.05) is 87.5 Å². The lowest BCUT2D eigenvalue weighted by molar-refractivity contribution is 0.101. The van der Waals surface area contributed by atoms with Gasteiger partial charge in [-0.15, -0.1) is 0 Å². The fourth-order valence-electron chi connectivity index (χ4n) is 3.76. The third-order valence-electron chi connectivity index (χ3n) is 5.40. The van der Waals surface area contributed by atoms with Crippen molar-refractivity contribution < 1.29 is 4.79 Å². The number of aromatic nitrogens is 2. The quantitative estimate of drug-likeness (QED) is 0.351. The van der Waals surface area contributed by atoms with Crippen molar-refractivity contribution in [2.45, 2.75) is 27.3 Å². The maximum atomic E-state index is 13.7. The Balaban J connectivity index is 1.97. The van der Waals surface area contributed by atoms with Gasteiger partial charge >= 0.3 is 0 Å². The van der Waals surface area contributed by atoms with Crippen molar-refractivity contribution in [1.82, 2.24) is 9.55 Å². The molecule has 0 unspecified atom stereocenters. The highest BCUT2D eigenvalue weighted by atomic mass is 35.5. The van der Waals surface area contributed by atoms with Crippen LogP contribution >= 0.6 is 11.6 Å². The molecule has 34 heavy (non-hydrogen) atoms. The summed E-state index contributed by atoms with van der Waals surface area (Å²) < 4.78 is 1.55. The molecule has 0 aliphatic carbocycles. The minimum Gasteiger partial charge on any atom is -0.321 e. The molecule has 6 heteroatoms. The molecule has 0 atom stereocenters. The van der Waals surface area contributed by atoms with Crippen LogP contribution in [0.3, 0.4) is 0 Å². The van der Waals surface area contributed by atoms with E-state index in [4.69, 9.17) is 16.6 Å². The zero-order valence-electron chi connectivity index (χ0n) is 19.4. The molecule has 4 aromatic rings. The molecule has 5 nitrogen and oxygen atoms in total. The number of carbonyl (C=O) groups is 1. The van der Waals surface area contributed by atoms with Gasteiger partial charge in [0.05, 0.1) is 0 Å². The van der Waals surface area contributed by atoms with Crippen LogP contribution in [0.1, 0.15) is 29.9 Å². The lowest BCUT2D eigenvalue weighted by Crippen LogP contribution is -2.33. The van der Waals surface area contributed by atoms with Crippen molar-refractivity contribution in [1.29, 1.82) is 0 Å². The molecule has 4 rings (SSSR count). The summed E-state index contributed by atoms with van der Waals surface area (Å²) in [6, 6.07) is 24.0. The summed E-state index contributed by atoms with van der Waals surface area (Å²) in [5, 5.41) is 3.52. The number of nitrogens with zero attached hydrogens (tertiary/aromatic N) is 2. The molecule has 1 aromatic heterocycles. The molecular weight excluding hydrogens is 446 g/mol. The normalized spacial score (nSPS) is 11.0. The molecule has 0 saturated heterocycles. The largest absolute Gasteiger partial charge is 0.321 e. The predicted molar refractivity (Wildman–Crippen MR) is 138 cm³/mol. The summed E-state index contributed by atoms with van der Waals surface area (Å²) in [6.45, 7) is 6.38. The van der Waals surface area contributed by atoms with Gasteiger partial charge in [-0.25, -0.2) is 4.98 Å². The van der Waals surface area contributed by atoms with Crippen LogP contribution in [0.4, 0.5) is 5.69 Å². The Hall–Kier alpha value is -3.70. The number of amides is 1. The first-order valence-corrected chi connectivity index (χ1v) is 11.6. The monoisotopic (exact) mass is 471 g/mol. The maximum absolute atomic E-state index is 13.7. The SMILES string of the molecule is Cc1ccc(NC(=O)c2c(-c3ccc(Cl)cc3)nc(-c3ccccc3)c(=O)n2CC(C)C)cc1. The molecule has 0 saturated carbocycles. The zero-order valence-corrected chi connectivity index (χ0v) is 20.1. The van der Waals surface area contributed by atoms with Gasteiger partial charge in [0, 0.05) is 28.4 Å². The van der Waals surface area contributed by atoms with Gasteiger partial charge < -0.3 is 9.88 Å². The molecule has 1 amide bonds. The van der Waals surface area contributed by atoms with Crippen molar-refractivity contribution >= 4 is 23.2 Å². The standard InChI is InChI=1S/C28H26ClN3O2/c1-18(2)17-32-26(27(33)30-23-15-9-19(3)10-16-23)24(21-11-13-22(29)14-12-21)31-25(28(32)34)20-7-5-4-6-8-20/h4-16,18H,17H2,1-3H3,(H,30,33). The topological polar surface area (TPSA) is 64.0 Å². The minimum atomic E-state index is -0.390. The fourth-order valence-corrected chi connectivity index (χ4v) is 3.89. The van der Waals surface area contributed by atoms with Crippen LogP contribution in [0.15, 0.2) is 83.7 Å². The van der Waals surface area contributed by atoms with E-state index in [1.165, 1.54) is 0 Å². The lowest BCUT2D eigenvalue weighted by atomic mass is 10.1. The molecule has 0 aliphatic heterocycles. The smallest absolute Gasteiger partial charge is 0.277 e. The van der Waals surface area contributed by atoms with Crippen LogP contribution in [0, 0.1) is 12.8 Å². The van der Waals surface area contributed by atoms with E-state index in [1.54, 1.807) is 16.7 Å². The Bertz CT molecular complexity index is 1360. The Morgan fingerprint density at radius 3 is 2.15 bits per heavy atom. The van der Waals surface area contributed by atoms with Crippen LogP contribution in [0.2, 0.25) is 5.02 Å². The van der Waals surface area contributed by atoms with E-state index in [2.05, 4.69) is 5.32 Å². The van der Waals surface area contributed by atoms with Crippen LogP contribution in [-0.2, 0) is 6.54 Å². The van der Waals surface area contributed by atoms with Crippen LogP contribution in [0.25, 0.3) is 22.5 Å². The Kier molecular flexibility index (Phi) is 6.94. The second-order valence-electron chi connectivity index (χ2n) is 8.66. The van der Waals surface area contributed by atoms with Gasteiger partial charge in [0.15, 0.2) is 0 Å². The van der Waals surface area contributed by atoms with Gasteiger partial charge in [0.25, 0.3) is 11.5 Å². The Morgan fingerprint density at radius 2 is 1.53 bits per heavy atom. The molecule has 1 N–H and O–H groups in total. The Morgan fingerprint density at radius 1 is 0.912 bits per heavy atom. The number of carbonyl (C=O) groups excluding carboxylic acids is 1. The summed E-state index contributed by atoms with van der Waals surface area (Å²) in [5.41, 5.74) is 3.80. The molecule has 172 valence electrons. The van der Waals surface area contributed by atoms with Gasteiger partial charge in [-0.2, -0.15) is 0 Å². The molecule has 0 aliphatic rings. The highest BCUT2D eigenvalue weighted by molar-refractivity contribution is 6.30. The molecule has 0 spiro atoms. The van der Waals surface area contributed by atoms with Gasteiger partial charge in [-0.3, -0.25) is 9.59 Å². The summed E-state index contributed by atoms with van der Waals surface area (Å²) >= 11 is 6.12. The molecule has 3 aromatic carbocycles. The number of hydrogen-bond donors (Lipinski definition) is 1. The number of aryl methyl sites for hydroxylation is 1. The van der Waals surface area contributed by atoms with E-state index in [0.29, 0.717) is 39.8 Å². The molecule has 0 radical (unpaired) electrons. The second-order valence-corrected chi connectivity index (χ2v) is 9.10. The van der Waals surface area contributed by atoms with Crippen molar-refractivity contribution in [3.05, 3.63) is 105 Å². The van der Waals surface area contributed by atoms with Crippen molar-refractivity contribution in [3.63, 3.8) is 0 Å². The molecule has 0 bridgehead atoms. The minimum absolute atomic E-state index is 0.132. The first kappa shape index (κ1) is 23.5. The van der Waals surface area contributed by atoms with E-state index in [0.717, 1.165) is 5.56 Å². The Labute approximate surface area is 204 Å². The number of hydrogen-bond acceptors (Lipinski definition) is 3. The van der Waals surface area contributed by atoms with Gasteiger partial charge in [-0.1, -0.05) is 85.6 Å². The first-order valence-electron chi connectivity index (χ1n) is 11.2. The van der Waals surface area contributed by atoms with Crippen LogP contribution in [0.5, 0.6) is 0 Å². The van der Waals surface area contributed by atoms with Crippen molar-refractivity contribution in [2.24, 2.45) is 5.92 Å². The summed E-state index contributed by atoms with van der Waals surface area (Å²) in [5.74, 6) is -0.258. The average Bonchev–Trinajstić information content (AvgIpc) is 2.82. The number of anilines is 1. The first-order chi connectivity index (χ1) is 16.3. The predicted octanol–water partition coefficient (Wildman–Crippen LogP) is 6.45. The van der Waals surface area contributed by atoms with E-state index in [9.17, 15) is 9.59 Å². The summed E-state index contributed by atoms with van der Waals surface area (Å²) in [6.07, 6.45) is 0. The lowest BCUT2D eigenvalue weighted by Gasteiger charge is -2.20. The number of halogens is 1. The third-order valence-corrected chi connectivity index (χ3v) is 5.65. The summed E-state index contributed by atoms with van der Waals surface area (Å²) in [7, 11) is 0. The zero-order chi connectivity index (χ0) is 24.2. The van der Waals surface area contributed by atoms with Gasteiger partial charge in [-0.05, 0) is 37.1 Å². The van der Waals surface area contributed by atoms with Crippen molar-refractivity contribution in [2.75, 3.05) is 5.32 Å². The summed E-state index contributed by atoms with van der Waals surface area (Å²) in [4.78, 5) is 32.0. The second kappa shape index (κ2) is 10.1. The van der Waals surface area contributed by atoms with Crippen LogP contribution in [-0.4, -0.2) is 15.5 Å². The highest BCUT2D eigenvalue weighted by Crippen LogP contribution is 2.27. The maximum Gasteiger partial charge on any atom is 0.277 e. The number of benzene rings is 3. The molecule has 0 fully saturated rings. The van der Waals surface area contributed by atoms with E-state index < -0.39 is 5.91 Å². The third kappa shape index (κ3) is 5.10. The average molecular weight is 472 g/mol.